The topological polar surface area (TPSA) is 57.0 Å². The molecule has 1 saturated heterocycles. The molecule has 1 saturated carbocycles. The molecule has 0 bridgehead atoms. The van der Waals surface area contributed by atoms with E-state index >= 15 is 0 Å². The highest BCUT2D eigenvalue weighted by molar-refractivity contribution is 5.94. The molecular weight excluding hydrogens is 416 g/mol. The van der Waals surface area contributed by atoms with Crippen molar-refractivity contribution in [1.82, 2.24) is 14.7 Å². The summed E-state index contributed by atoms with van der Waals surface area (Å²) in [4.78, 5) is 31.7. The third-order valence-corrected chi connectivity index (χ3v) is 6.61. The third kappa shape index (κ3) is 4.85. The Kier molecular flexibility index (Phi) is 6.89. The number of piperazine rings is 1. The molecule has 6 nitrogen and oxygen atoms in total. The molecule has 2 aliphatic rings. The highest BCUT2D eigenvalue weighted by atomic mass is 19.1. The van der Waals surface area contributed by atoms with Crippen LogP contribution in [0.3, 0.4) is 0 Å². The van der Waals surface area contributed by atoms with Crippen molar-refractivity contribution in [3.63, 3.8) is 0 Å². The summed E-state index contributed by atoms with van der Waals surface area (Å²) in [6, 6.07) is 6.43. The maximum absolute atomic E-state index is 14.1. The number of halogens is 2. The highest BCUT2D eigenvalue weighted by Gasteiger charge is 2.39. The molecule has 2 heterocycles. The molecule has 1 atom stereocenters. The van der Waals surface area contributed by atoms with Gasteiger partial charge in [-0.1, -0.05) is 12.8 Å². The number of amides is 2. The fraction of sp³-hybridized carbons (Fsp3) is 0.500. The Balaban J connectivity index is 1.43. The molecule has 1 unspecified atom stereocenters. The van der Waals surface area contributed by atoms with Gasteiger partial charge in [0.15, 0.2) is 0 Å². The van der Waals surface area contributed by atoms with Gasteiger partial charge in [0.25, 0.3) is 5.91 Å². The van der Waals surface area contributed by atoms with Crippen LogP contribution < -0.4 is 0 Å². The van der Waals surface area contributed by atoms with Gasteiger partial charge in [-0.15, -0.1) is 0 Å². The van der Waals surface area contributed by atoms with Crippen molar-refractivity contribution in [3.05, 3.63) is 59.6 Å². The Bertz CT molecular complexity index is 936. The normalized spacial score (nSPS) is 18.7. The van der Waals surface area contributed by atoms with E-state index in [0.717, 1.165) is 43.6 Å². The summed E-state index contributed by atoms with van der Waals surface area (Å²) in [5, 5.41) is 0. The maximum atomic E-state index is 14.1. The van der Waals surface area contributed by atoms with Crippen LogP contribution in [0, 0.1) is 17.6 Å². The minimum Gasteiger partial charge on any atom is -0.467 e. The van der Waals surface area contributed by atoms with Gasteiger partial charge in [0.05, 0.1) is 24.4 Å². The fourth-order valence-corrected chi connectivity index (χ4v) is 4.91. The summed E-state index contributed by atoms with van der Waals surface area (Å²) in [7, 11) is 1.80. The first kappa shape index (κ1) is 22.5. The van der Waals surface area contributed by atoms with Crippen molar-refractivity contribution in [3.8, 4) is 0 Å². The van der Waals surface area contributed by atoms with Crippen molar-refractivity contribution in [2.45, 2.75) is 38.3 Å². The van der Waals surface area contributed by atoms with Crippen molar-refractivity contribution in [2.75, 3.05) is 33.2 Å². The predicted octanol–water partition coefficient (Wildman–Crippen LogP) is 3.53. The second kappa shape index (κ2) is 9.81. The van der Waals surface area contributed by atoms with Gasteiger partial charge in [-0.3, -0.25) is 14.5 Å². The van der Waals surface area contributed by atoms with Crippen molar-refractivity contribution < 1.29 is 22.8 Å². The molecule has 172 valence electrons. The molecule has 1 aliphatic carbocycles. The van der Waals surface area contributed by atoms with Gasteiger partial charge in [-0.25, -0.2) is 8.78 Å². The number of carbonyl (C=O) groups excluding carboxylic acids is 2. The van der Waals surface area contributed by atoms with E-state index in [2.05, 4.69) is 4.90 Å². The minimum atomic E-state index is -0.851. The Morgan fingerprint density at radius 1 is 1.12 bits per heavy atom. The Morgan fingerprint density at radius 3 is 2.47 bits per heavy atom. The van der Waals surface area contributed by atoms with Crippen molar-refractivity contribution in [1.29, 1.82) is 0 Å². The summed E-state index contributed by atoms with van der Waals surface area (Å²) in [5.74, 6) is -0.906. The average molecular weight is 446 g/mol. The van der Waals surface area contributed by atoms with E-state index in [-0.39, 0.29) is 17.5 Å². The van der Waals surface area contributed by atoms with Crippen molar-refractivity contribution >= 4 is 11.8 Å². The summed E-state index contributed by atoms with van der Waals surface area (Å²) in [6.45, 7) is 2.28. The van der Waals surface area contributed by atoms with Crippen LogP contribution >= 0.6 is 0 Å². The summed E-state index contributed by atoms with van der Waals surface area (Å²) in [6.07, 6.45) is 5.88. The van der Waals surface area contributed by atoms with Crippen LogP contribution in [-0.4, -0.2) is 65.8 Å². The van der Waals surface area contributed by atoms with Crippen LogP contribution in [0.2, 0.25) is 0 Å². The van der Waals surface area contributed by atoms with Crippen LogP contribution in [0.4, 0.5) is 8.78 Å². The number of nitrogens with zero attached hydrogens (tertiary/aromatic N) is 3. The standard InChI is InChI=1S/C24H29F2N3O3/c1-27(16-19-7-4-14-32-19)24(31)22(17-5-2-3-6-17)28-10-12-29(13-11-28)23(30)20-9-8-18(25)15-21(20)26/h4,7-9,14-15,17,22H,2-3,5-6,10-13,16H2,1H3. The number of rotatable bonds is 6. The lowest BCUT2D eigenvalue weighted by Gasteiger charge is -2.42. The van der Waals surface area contributed by atoms with E-state index in [9.17, 15) is 18.4 Å². The van der Waals surface area contributed by atoms with E-state index in [1.54, 1.807) is 23.1 Å². The van der Waals surface area contributed by atoms with E-state index in [4.69, 9.17) is 4.42 Å². The molecule has 1 aliphatic heterocycles. The zero-order valence-electron chi connectivity index (χ0n) is 18.3. The summed E-state index contributed by atoms with van der Waals surface area (Å²) in [5.41, 5.74) is -0.124. The van der Waals surface area contributed by atoms with E-state index in [0.29, 0.717) is 38.6 Å². The van der Waals surface area contributed by atoms with Gasteiger partial charge in [-0.05, 0) is 43.0 Å². The zero-order chi connectivity index (χ0) is 22.7. The van der Waals surface area contributed by atoms with E-state index in [1.165, 1.54) is 6.07 Å². The first-order valence-corrected chi connectivity index (χ1v) is 11.2. The molecule has 0 spiro atoms. The lowest BCUT2D eigenvalue weighted by Crippen LogP contribution is -2.58. The first-order chi connectivity index (χ1) is 15.4. The summed E-state index contributed by atoms with van der Waals surface area (Å²) >= 11 is 0. The molecular formula is C24H29F2N3O3. The average Bonchev–Trinajstić information content (AvgIpc) is 3.48. The van der Waals surface area contributed by atoms with Gasteiger partial charge in [0.2, 0.25) is 5.91 Å². The van der Waals surface area contributed by atoms with Crippen LogP contribution in [-0.2, 0) is 11.3 Å². The molecule has 8 heteroatoms. The number of hydrogen-bond acceptors (Lipinski definition) is 4. The molecule has 2 amide bonds. The van der Waals surface area contributed by atoms with Gasteiger partial charge in [0, 0.05) is 39.3 Å². The Hall–Kier alpha value is -2.74. The summed E-state index contributed by atoms with van der Waals surface area (Å²) < 4.78 is 32.6. The smallest absolute Gasteiger partial charge is 0.256 e. The number of benzene rings is 1. The van der Waals surface area contributed by atoms with Crippen LogP contribution in [0.15, 0.2) is 41.0 Å². The highest BCUT2D eigenvalue weighted by Crippen LogP contribution is 2.32. The molecule has 1 aromatic carbocycles. The second-order valence-electron chi connectivity index (χ2n) is 8.72. The quantitative estimate of drug-likeness (QED) is 0.683. The minimum absolute atomic E-state index is 0.0673. The molecule has 4 rings (SSSR count). The number of hydrogen-bond donors (Lipinski definition) is 0. The predicted molar refractivity (Wildman–Crippen MR) is 115 cm³/mol. The van der Waals surface area contributed by atoms with Gasteiger partial charge in [-0.2, -0.15) is 0 Å². The largest absolute Gasteiger partial charge is 0.467 e. The molecule has 2 aromatic rings. The molecule has 1 aromatic heterocycles. The Morgan fingerprint density at radius 2 is 1.84 bits per heavy atom. The van der Waals surface area contributed by atoms with Crippen LogP contribution in [0.1, 0.15) is 41.8 Å². The van der Waals surface area contributed by atoms with Crippen LogP contribution in [0.25, 0.3) is 0 Å². The Labute approximate surface area is 186 Å². The molecule has 0 N–H and O–H groups in total. The van der Waals surface area contributed by atoms with Gasteiger partial charge in [0.1, 0.15) is 17.4 Å². The SMILES string of the molecule is CN(Cc1ccco1)C(=O)C(C1CCCC1)N1CCN(C(=O)c2ccc(F)cc2F)CC1. The zero-order valence-corrected chi connectivity index (χ0v) is 18.3. The number of likely N-dealkylation sites (N-methyl/N-ethyl adjacent to an activating group) is 1. The van der Waals surface area contributed by atoms with Gasteiger partial charge < -0.3 is 14.2 Å². The van der Waals surface area contributed by atoms with E-state index in [1.807, 2.05) is 12.1 Å². The first-order valence-electron chi connectivity index (χ1n) is 11.2. The van der Waals surface area contributed by atoms with Gasteiger partial charge >= 0.3 is 0 Å². The monoisotopic (exact) mass is 445 g/mol. The molecule has 0 radical (unpaired) electrons. The molecule has 2 fully saturated rings. The second-order valence-corrected chi connectivity index (χ2v) is 8.72. The lowest BCUT2D eigenvalue weighted by atomic mass is 9.94. The maximum Gasteiger partial charge on any atom is 0.256 e. The number of carbonyl (C=O) groups is 2. The van der Waals surface area contributed by atoms with Crippen LogP contribution in [0.5, 0.6) is 0 Å². The third-order valence-electron chi connectivity index (χ3n) is 6.61. The van der Waals surface area contributed by atoms with E-state index < -0.39 is 17.5 Å². The fourth-order valence-electron chi connectivity index (χ4n) is 4.91. The van der Waals surface area contributed by atoms with Crippen molar-refractivity contribution in [2.24, 2.45) is 5.92 Å². The number of furan rings is 1. The molecule has 32 heavy (non-hydrogen) atoms. The lowest BCUT2D eigenvalue weighted by molar-refractivity contribution is -0.139.